The van der Waals surface area contributed by atoms with E-state index in [0.29, 0.717) is 0 Å². The van der Waals surface area contributed by atoms with Gasteiger partial charge >= 0.3 is 0 Å². The fourth-order valence-corrected chi connectivity index (χ4v) is 2.27. The van der Waals surface area contributed by atoms with Gasteiger partial charge in [0, 0.05) is 45.9 Å². The number of rotatable bonds is 9. The third kappa shape index (κ3) is 7.31. The van der Waals surface area contributed by atoms with Gasteiger partial charge in [0.05, 0.1) is 13.2 Å². The maximum Gasteiger partial charge on any atom is 0.0593 e. The molecule has 0 saturated carbocycles. The first-order chi connectivity index (χ1) is 8.72. The molecule has 1 fully saturated rings. The van der Waals surface area contributed by atoms with Crippen LogP contribution in [0.1, 0.15) is 26.7 Å². The summed E-state index contributed by atoms with van der Waals surface area (Å²) in [5.74, 6) is 0.785. The standard InChI is InChI=1S/C14H30N2O2/c1-14(2)4-3-12-18-13-10-16-7-5-15(6-8-16)9-11-17/h14,17H,3-13H2,1-2H3. The lowest BCUT2D eigenvalue weighted by molar-refractivity contribution is 0.0680. The number of hydrogen-bond acceptors (Lipinski definition) is 4. The van der Waals surface area contributed by atoms with Gasteiger partial charge in [-0.25, -0.2) is 0 Å². The van der Waals surface area contributed by atoms with Crippen LogP contribution in [0.3, 0.4) is 0 Å². The largest absolute Gasteiger partial charge is 0.395 e. The van der Waals surface area contributed by atoms with E-state index in [9.17, 15) is 0 Å². The number of nitrogens with zero attached hydrogens (tertiary/aromatic N) is 2. The van der Waals surface area contributed by atoms with E-state index >= 15 is 0 Å². The van der Waals surface area contributed by atoms with E-state index in [1.165, 1.54) is 12.8 Å². The zero-order valence-corrected chi connectivity index (χ0v) is 12.1. The third-order valence-electron chi connectivity index (χ3n) is 3.50. The van der Waals surface area contributed by atoms with Crippen LogP contribution in [0.25, 0.3) is 0 Å². The van der Waals surface area contributed by atoms with Crippen molar-refractivity contribution >= 4 is 0 Å². The van der Waals surface area contributed by atoms with E-state index < -0.39 is 0 Å². The molecule has 4 nitrogen and oxygen atoms in total. The first-order valence-electron chi connectivity index (χ1n) is 7.35. The Bertz CT molecular complexity index is 192. The molecular weight excluding hydrogens is 228 g/mol. The summed E-state index contributed by atoms with van der Waals surface area (Å²) < 4.78 is 5.67. The summed E-state index contributed by atoms with van der Waals surface area (Å²) in [5, 5.41) is 8.87. The van der Waals surface area contributed by atoms with Crippen molar-refractivity contribution in [2.75, 3.05) is 59.1 Å². The maximum atomic E-state index is 8.87. The van der Waals surface area contributed by atoms with E-state index in [0.717, 1.165) is 58.4 Å². The van der Waals surface area contributed by atoms with Gasteiger partial charge in [-0.2, -0.15) is 0 Å². The molecule has 18 heavy (non-hydrogen) atoms. The van der Waals surface area contributed by atoms with E-state index in [4.69, 9.17) is 9.84 Å². The molecule has 0 atom stereocenters. The van der Waals surface area contributed by atoms with Gasteiger partial charge in [-0.05, 0) is 18.8 Å². The minimum absolute atomic E-state index is 0.277. The van der Waals surface area contributed by atoms with Crippen LogP contribution in [0.15, 0.2) is 0 Å². The lowest BCUT2D eigenvalue weighted by Gasteiger charge is -2.34. The van der Waals surface area contributed by atoms with Gasteiger partial charge in [-0.1, -0.05) is 13.8 Å². The lowest BCUT2D eigenvalue weighted by atomic mass is 10.1. The molecule has 1 heterocycles. The fraction of sp³-hybridized carbons (Fsp3) is 1.00. The van der Waals surface area contributed by atoms with Crippen molar-refractivity contribution in [2.24, 2.45) is 5.92 Å². The molecule has 1 aliphatic heterocycles. The monoisotopic (exact) mass is 258 g/mol. The molecule has 108 valence electrons. The molecule has 1 saturated heterocycles. The van der Waals surface area contributed by atoms with Crippen molar-refractivity contribution in [1.82, 2.24) is 9.80 Å². The van der Waals surface area contributed by atoms with Crippen LogP contribution < -0.4 is 0 Å². The Labute approximate surface area is 112 Å². The van der Waals surface area contributed by atoms with Gasteiger partial charge in [0.2, 0.25) is 0 Å². The Morgan fingerprint density at radius 1 is 1.00 bits per heavy atom. The Kier molecular flexibility index (Phi) is 8.59. The molecule has 4 heteroatoms. The summed E-state index contributed by atoms with van der Waals surface area (Å²) in [5.41, 5.74) is 0. The summed E-state index contributed by atoms with van der Waals surface area (Å²) in [6.07, 6.45) is 2.45. The van der Waals surface area contributed by atoms with Crippen LogP contribution in [0.4, 0.5) is 0 Å². The molecule has 1 aliphatic rings. The van der Waals surface area contributed by atoms with Gasteiger partial charge in [-0.3, -0.25) is 9.80 Å². The normalized spacial score (nSPS) is 18.7. The van der Waals surface area contributed by atoms with Crippen LogP contribution in [0, 0.1) is 5.92 Å². The molecule has 0 bridgehead atoms. The number of piperazine rings is 1. The summed E-state index contributed by atoms with van der Waals surface area (Å²) >= 11 is 0. The molecule has 0 aromatic carbocycles. The van der Waals surface area contributed by atoms with Crippen molar-refractivity contribution in [2.45, 2.75) is 26.7 Å². The zero-order valence-electron chi connectivity index (χ0n) is 12.1. The van der Waals surface area contributed by atoms with Gasteiger partial charge in [0.15, 0.2) is 0 Å². The van der Waals surface area contributed by atoms with Crippen molar-refractivity contribution in [3.8, 4) is 0 Å². The topological polar surface area (TPSA) is 35.9 Å². The van der Waals surface area contributed by atoms with E-state index in [1.54, 1.807) is 0 Å². The molecule has 0 aliphatic carbocycles. The Morgan fingerprint density at radius 3 is 2.17 bits per heavy atom. The number of hydrogen-bond donors (Lipinski definition) is 1. The van der Waals surface area contributed by atoms with Gasteiger partial charge in [-0.15, -0.1) is 0 Å². The van der Waals surface area contributed by atoms with Crippen molar-refractivity contribution in [1.29, 1.82) is 0 Å². The van der Waals surface area contributed by atoms with Crippen LogP contribution in [0.2, 0.25) is 0 Å². The van der Waals surface area contributed by atoms with Gasteiger partial charge in [0.1, 0.15) is 0 Å². The second-order valence-corrected chi connectivity index (χ2v) is 5.56. The Morgan fingerprint density at radius 2 is 1.61 bits per heavy atom. The number of ether oxygens (including phenoxy) is 1. The smallest absolute Gasteiger partial charge is 0.0593 e. The van der Waals surface area contributed by atoms with Crippen LogP contribution in [-0.4, -0.2) is 74.0 Å². The Hall–Kier alpha value is -0.160. The number of β-amino-alcohol motifs (C(OH)–C–C–N with tert-alkyl or cyclic N) is 1. The predicted molar refractivity (Wildman–Crippen MR) is 74.9 cm³/mol. The van der Waals surface area contributed by atoms with Gasteiger partial charge < -0.3 is 9.84 Å². The van der Waals surface area contributed by atoms with Gasteiger partial charge in [0.25, 0.3) is 0 Å². The maximum absolute atomic E-state index is 8.87. The highest BCUT2D eigenvalue weighted by Gasteiger charge is 2.15. The number of aliphatic hydroxyl groups is 1. The highest BCUT2D eigenvalue weighted by Crippen LogP contribution is 2.04. The predicted octanol–water partition coefficient (Wildman–Crippen LogP) is 1.05. The van der Waals surface area contributed by atoms with Crippen LogP contribution in [0.5, 0.6) is 0 Å². The molecule has 0 unspecified atom stereocenters. The quantitative estimate of drug-likeness (QED) is 0.627. The first kappa shape index (κ1) is 15.9. The average Bonchev–Trinajstić information content (AvgIpc) is 2.35. The second-order valence-electron chi connectivity index (χ2n) is 5.56. The molecule has 0 radical (unpaired) electrons. The molecule has 0 spiro atoms. The van der Waals surface area contributed by atoms with E-state index in [2.05, 4.69) is 23.6 Å². The minimum atomic E-state index is 0.277. The average molecular weight is 258 g/mol. The summed E-state index contributed by atoms with van der Waals surface area (Å²) in [6.45, 7) is 12.8. The molecule has 0 amide bonds. The van der Waals surface area contributed by atoms with E-state index in [-0.39, 0.29) is 6.61 Å². The van der Waals surface area contributed by atoms with Crippen molar-refractivity contribution in [3.63, 3.8) is 0 Å². The second kappa shape index (κ2) is 9.73. The molecule has 1 N–H and O–H groups in total. The van der Waals surface area contributed by atoms with Crippen LogP contribution in [-0.2, 0) is 4.74 Å². The van der Waals surface area contributed by atoms with Crippen molar-refractivity contribution < 1.29 is 9.84 Å². The zero-order chi connectivity index (χ0) is 13.2. The summed E-state index contributed by atoms with van der Waals surface area (Å²) in [4.78, 5) is 4.77. The highest BCUT2D eigenvalue weighted by atomic mass is 16.5. The highest BCUT2D eigenvalue weighted by molar-refractivity contribution is 4.71. The van der Waals surface area contributed by atoms with Crippen molar-refractivity contribution in [3.05, 3.63) is 0 Å². The van der Waals surface area contributed by atoms with E-state index in [1.807, 2.05) is 0 Å². The molecule has 0 aromatic heterocycles. The minimum Gasteiger partial charge on any atom is -0.395 e. The molecular formula is C14H30N2O2. The van der Waals surface area contributed by atoms with Crippen LogP contribution >= 0.6 is 0 Å². The molecule has 1 rings (SSSR count). The number of aliphatic hydroxyl groups excluding tert-OH is 1. The summed E-state index contributed by atoms with van der Waals surface area (Å²) in [7, 11) is 0. The molecule has 0 aromatic rings. The summed E-state index contributed by atoms with van der Waals surface area (Å²) in [6, 6.07) is 0. The fourth-order valence-electron chi connectivity index (χ4n) is 2.27. The lowest BCUT2D eigenvalue weighted by Crippen LogP contribution is -2.47. The Balaban J connectivity index is 1.91. The SMILES string of the molecule is CC(C)CCCOCCN1CCN(CCO)CC1. The third-order valence-corrected chi connectivity index (χ3v) is 3.50. The first-order valence-corrected chi connectivity index (χ1v) is 7.35.